The van der Waals surface area contributed by atoms with E-state index in [1.807, 2.05) is 6.92 Å². The van der Waals surface area contributed by atoms with Gasteiger partial charge in [0.2, 0.25) is 0 Å². The molecule has 0 aliphatic heterocycles. The molecule has 2 rings (SSSR count). The molecule has 0 radical (unpaired) electrons. The molecular formula is C12H15FN2O. The van der Waals surface area contributed by atoms with E-state index in [-0.39, 0.29) is 17.5 Å². The lowest BCUT2D eigenvalue weighted by atomic mass is 10.1. The number of rotatable bonds is 3. The van der Waals surface area contributed by atoms with Crippen molar-refractivity contribution in [2.75, 3.05) is 5.73 Å². The van der Waals surface area contributed by atoms with Crippen molar-refractivity contribution in [1.29, 1.82) is 0 Å². The molecule has 1 atom stereocenters. The Morgan fingerprint density at radius 3 is 2.88 bits per heavy atom. The van der Waals surface area contributed by atoms with Crippen LogP contribution in [0.2, 0.25) is 0 Å². The summed E-state index contributed by atoms with van der Waals surface area (Å²) in [5, 5.41) is 2.84. The maximum atomic E-state index is 13.0. The normalized spacial score (nSPS) is 16.9. The Morgan fingerprint density at radius 1 is 1.56 bits per heavy atom. The minimum atomic E-state index is -0.446. The van der Waals surface area contributed by atoms with Gasteiger partial charge in [-0.05, 0) is 43.9 Å². The molecule has 0 heterocycles. The minimum absolute atomic E-state index is 0.134. The highest BCUT2D eigenvalue weighted by Crippen LogP contribution is 2.32. The molecule has 1 aliphatic rings. The van der Waals surface area contributed by atoms with E-state index >= 15 is 0 Å². The standard InChI is InChI=1S/C12H15FN2O/c1-7(8-2-3-8)15-12(16)10-6-9(13)4-5-11(10)14/h4-8H,2-3,14H2,1H3,(H,15,16). The molecule has 0 bridgehead atoms. The summed E-state index contributed by atoms with van der Waals surface area (Å²) in [5.74, 6) is -0.173. The van der Waals surface area contributed by atoms with Crippen LogP contribution in [-0.2, 0) is 0 Å². The molecule has 4 heteroatoms. The molecule has 0 spiro atoms. The van der Waals surface area contributed by atoms with Gasteiger partial charge in [-0.3, -0.25) is 4.79 Å². The molecular weight excluding hydrogens is 207 g/mol. The van der Waals surface area contributed by atoms with Crippen molar-refractivity contribution in [2.45, 2.75) is 25.8 Å². The Labute approximate surface area is 93.8 Å². The highest BCUT2D eigenvalue weighted by Gasteiger charge is 2.29. The van der Waals surface area contributed by atoms with Crippen LogP contribution in [0, 0.1) is 11.7 Å². The zero-order valence-electron chi connectivity index (χ0n) is 9.16. The van der Waals surface area contributed by atoms with Crippen molar-refractivity contribution >= 4 is 11.6 Å². The van der Waals surface area contributed by atoms with Crippen molar-refractivity contribution in [2.24, 2.45) is 5.92 Å². The van der Waals surface area contributed by atoms with E-state index in [1.54, 1.807) is 0 Å². The first kappa shape index (κ1) is 10.9. The van der Waals surface area contributed by atoms with E-state index in [0.717, 1.165) is 12.8 Å². The van der Waals surface area contributed by atoms with Crippen molar-refractivity contribution in [3.05, 3.63) is 29.6 Å². The average Bonchev–Trinajstić information content (AvgIpc) is 3.04. The summed E-state index contributed by atoms with van der Waals surface area (Å²) in [6, 6.07) is 3.96. The lowest BCUT2D eigenvalue weighted by Crippen LogP contribution is -2.34. The molecule has 1 unspecified atom stereocenters. The van der Waals surface area contributed by atoms with E-state index in [2.05, 4.69) is 5.32 Å². The third-order valence-electron chi connectivity index (χ3n) is 2.95. The lowest BCUT2D eigenvalue weighted by Gasteiger charge is -2.13. The number of halogens is 1. The first-order chi connectivity index (χ1) is 7.58. The van der Waals surface area contributed by atoms with Gasteiger partial charge in [0.1, 0.15) is 5.82 Å². The molecule has 1 amide bonds. The predicted octanol–water partition coefficient (Wildman–Crippen LogP) is 1.94. The zero-order chi connectivity index (χ0) is 11.7. The van der Waals surface area contributed by atoms with Crippen LogP contribution in [0.3, 0.4) is 0 Å². The number of hydrogen-bond acceptors (Lipinski definition) is 2. The molecule has 3 N–H and O–H groups in total. The smallest absolute Gasteiger partial charge is 0.253 e. The van der Waals surface area contributed by atoms with Gasteiger partial charge in [-0.25, -0.2) is 4.39 Å². The number of amides is 1. The molecule has 1 aromatic rings. The Hall–Kier alpha value is -1.58. The predicted molar refractivity (Wildman–Crippen MR) is 60.5 cm³/mol. The van der Waals surface area contributed by atoms with Gasteiger partial charge in [-0.15, -0.1) is 0 Å². The van der Waals surface area contributed by atoms with E-state index in [4.69, 9.17) is 5.73 Å². The fourth-order valence-electron chi connectivity index (χ4n) is 1.72. The number of nitrogens with one attached hydrogen (secondary N) is 1. The summed E-state index contributed by atoms with van der Waals surface area (Å²) in [7, 11) is 0. The first-order valence-electron chi connectivity index (χ1n) is 5.44. The van der Waals surface area contributed by atoms with Gasteiger partial charge in [0.05, 0.1) is 5.56 Å². The monoisotopic (exact) mass is 222 g/mol. The maximum absolute atomic E-state index is 13.0. The number of nitrogens with two attached hydrogens (primary N) is 1. The fraction of sp³-hybridized carbons (Fsp3) is 0.417. The molecule has 1 aromatic carbocycles. The van der Waals surface area contributed by atoms with Crippen LogP contribution in [-0.4, -0.2) is 11.9 Å². The number of carbonyl (C=O) groups is 1. The maximum Gasteiger partial charge on any atom is 0.253 e. The second-order valence-corrected chi connectivity index (χ2v) is 4.33. The van der Waals surface area contributed by atoms with Crippen molar-refractivity contribution < 1.29 is 9.18 Å². The van der Waals surface area contributed by atoms with E-state index in [9.17, 15) is 9.18 Å². The van der Waals surface area contributed by atoms with Crippen LogP contribution >= 0.6 is 0 Å². The first-order valence-corrected chi connectivity index (χ1v) is 5.44. The summed E-state index contributed by atoms with van der Waals surface area (Å²) >= 11 is 0. The molecule has 1 aliphatic carbocycles. The van der Waals surface area contributed by atoms with Gasteiger partial charge in [-0.2, -0.15) is 0 Å². The van der Waals surface area contributed by atoms with E-state index in [0.29, 0.717) is 11.6 Å². The van der Waals surface area contributed by atoms with Gasteiger partial charge in [-0.1, -0.05) is 0 Å². The third kappa shape index (κ3) is 2.32. The van der Waals surface area contributed by atoms with Crippen molar-refractivity contribution in [3.63, 3.8) is 0 Å². The average molecular weight is 222 g/mol. The van der Waals surface area contributed by atoms with Gasteiger partial charge < -0.3 is 11.1 Å². The Morgan fingerprint density at radius 2 is 2.25 bits per heavy atom. The van der Waals surface area contributed by atoms with Crippen LogP contribution in [0.1, 0.15) is 30.1 Å². The van der Waals surface area contributed by atoms with Crippen molar-refractivity contribution in [1.82, 2.24) is 5.32 Å². The number of carbonyl (C=O) groups excluding carboxylic acids is 1. The lowest BCUT2D eigenvalue weighted by molar-refractivity contribution is 0.0936. The highest BCUT2D eigenvalue weighted by molar-refractivity contribution is 5.99. The molecule has 0 aromatic heterocycles. The number of benzene rings is 1. The summed E-state index contributed by atoms with van der Waals surface area (Å²) in [6.07, 6.45) is 2.31. The van der Waals surface area contributed by atoms with E-state index in [1.165, 1.54) is 18.2 Å². The summed E-state index contributed by atoms with van der Waals surface area (Å²) in [5.41, 5.74) is 6.15. The molecule has 1 saturated carbocycles. The molecule has 16 heavy (non-hydrogen) atoms. The fourth-order valence-corrected chi connectivity index (χ4v) is 1.72. The second kappa shape index (κ2) is 4.12. The largest absolute Gasteiger partial charge is 0.398 e. The van der Waals surface area contributed by atoms with Gasteiger partial charge in [0.15, 0.2) is 0 Å². The minimum Gasteiger partial charge on any atom is -0.398 e. The SMILES string of the molecule is CC(NC(=O)c1cc(F)ccc1N)C1CC1. The Kier molecular flexibility index (Phi) is 2.81. The topological polar surface area (TPSA) is 55.1 Å². The molecule has 86 valence electrons. The van der Waals surface area contributed by atoms with Gasteiger partial charge in [0.25, 0.3) is 5.91 Å². The van der Waals surface area contributed by atoms with Gasteiger partial charge in [0, 0.05) is 11.7 Å². The van der Waals surface area contributed by atoms with Crippen LogP contribution in [0.25, 0.3) is 0 Å². The van der Waals surface area contributed by atoms with Crippen LogP contribution in [0.4, 0.5) is 10.1 Å². The van der Waals surface area contributed by atoms with Crippen LogP contribution in [0.15, 0.2) is 18.2 Å². The molecule has 0 saturated heterocycles. The quantitative estimate of drug-likeness (QED) is 0.768. The zero-order valence-corrected chi connectivity index (χ0v) is 9.16. The molecule has 3 nitrogen and oxygen atoms in total. The van der Waals surface area contributed by atoms with Gasteiger partial charge >= 0.3 is 0 Å². The number of anilines is 1. The number of hydrogen-bond donors (Lipinski definition) is 2. The summed E-state index contributed by atoms with van der Waals surface area (Å²) in [4.78, 5) is 11.8. The van der Waals surface area contributed by atoms with E-state index < -0.39 is 5.82 Å². The number of nitrogen functional groups attached to an aromatic ring is 1. The second-order valence-electron chi connectivity index (χ2n) is 4.33. The van der Waals surface area contributed by atoms with Crippen molar-refractivity contribution in [3.8, 4) is 0 Å². The van der Waals surface area contributed by atoms with Crippen LogP contribution in [0.5, 0.6) is 0 Å². The molecule has 1 fully saturated rings. The summed E-state index contributed by atoms with van der Waals surface area (Å²) in [6.45, 7) is 1.96. The Balaban J connectivity index is 2.10. The Bertz CT molecular complexity index is 415. The van der Waals surface area contributed by atoms with Crippen LogP contribution < -0.4 is 11.1 Å². The third-order valence-corrected chi connectivity index (χ3v) is 2.95. The summed E-state index contributed by atoms with van der Waals surface area (Å²) < 4.78 is 13.0. The highest BCUT2D eigenvalue weighted by atomic mass is 19.1.